The van der Waals surface area contributed by atoms with Crippen LogP contribution in [-0.2, 0) is 6.42 Å². The number of hydrogen-bond acceptors (Lipinski definition) is 5. The average Bonchev–Trinajstić information content (AvgIpc) is 2.36. The van der Waals surface area contributed by atoms with Gasteiger partial charge < -0.3 is 15.8 Å². The number of nitrogens with one attached hydrogen (secondary N) is 1. The Kier molecular flexibility index (Phi) is 3.39. The van der Waals surface area contributed by atoms with Crippen molar-refractivity contribution in [3.8, 4) is 5.75 Å². The van der Waals surface area contributed by atoms with Gasteiger partial charge in [0.2, 0.25) is 0 Å². The van der Waals surface area contributed by atoms with Crippen LogP contribution in [0, 0.1) is 0 Å². The molecule has 5 nitrogen and oxygen atoms in total. The highest BCUT2D eigenvalue weighted by Gasteiger charge is 2.06. The lowest BCUT2D eigenvalue weighted by molar-refractivity contribution is 0.415. The zero-order valence-electron chi connectivity index (χ0n) is 10.0. The summed E-state index contributed by atoms with van der Waals surface area (Å²) in [6.07, 6.45) is 0.767. The molecule has 1 aromatic heterocycles. The Labute approximate surface area is 100 Å². The van der Waals surface area contributed by atoms with Crippen LogP contribution in [0.15, 0.2) is 18.2 Å². The number of rotatable bonds is 4. The molecule has 5 heteroatoms. The first-order chi connectivity index (χ1) is 8.24. The Morgan fingerprint density at radius 1 is 1.35 bits per heavy atom. The predicted octanol–water partition coefficient (Wildman–Crippen LogP) is 0.982. The van der Waals surface area contributed by atoms with E-state index in [-0.39, 0.29) is 0 Å². The highest BCUT2D eigenvalue weighted by molar-refractivity contribution is 5.89. The highest BCUT2D eigenvalue weighted by atomic mass is 16.5. The summed E-state index contributed by atoms with van der Waals surface area (Å²) < 4.78 is 5.15. The molecule has 1 heterocycles. The average molecular weight is 232 g/mol. The summed E-state index contributed by atoms with van der Waals surface area (Å²) in [5.41, 5.74) is 6.78. The van der Waals surface area contributed by atoms with E-state index in [1.165, 1.54) is 0 Å². The SMILES string of the molecule is CNCCc1nc(N)c2cc(OC)ccc2n1. The fourth-order valence-corrected chi connectivity index (χ4v) is 1.66. The second-order valence-electron chi connectivity index (χ2n) is 3.76. The predicted molar refractivity (Wildman–Crippen MR) is 68.1 cm³/mol. The van der Waals surface area contributed by atoms with Crippen molar-refractivity contribution in [2.75, 3.05) is 26.4 Å². The van der Waals surface area contributed by atoms with Crippen molar-refractivity contribution in [1.29, 1.82) is 0 Å². The number of nitrogen functional groups attached to an aromatic ring is 1. The minimum absolute atomic E-state index is 0.500. The van der Waals surface area contributed by atoms with Crippen LogP contribution in [0.1, 0.15) is 5.82 Å². The van der Waals surface area contributed by atoms with Gasteiger partial charge in [-0.2, -0.15) is 0 Å². The Bertz CT molecular complexity index is 527. The van der Waals surface area contributed by atoms with Crippen LogP contribution in [0.5, 0.6) is 5.75 Å². The van der Waals surface area contributed by atoms with Crippen molar-refractivity contribution >= 4 is 16.7 Å². The molecule has 0 fully saturated rings. The Balaban J connectivity index is 2.44. The minimum atomic E-state index is 0.500. The topological polar surface area (TPSA) is 73.1 Å². The summed E-state index contributed by atoms with van der Waals surface area (Å²) in [4.78, 5) is 8.75. The molecule has 0 spiro atoms. The molecule has 0 saturated heterocycles. The van der Waals surface area contributed by atoms with Crippen molar-refractivity contribution in [2.24, 2.45) is 0 Å². The lowest BCUT2D eigenvalue weighted by Gasteiger charge is -2.06. The molecule has 0 saturated carbocycles. The maximum atomic E-state index is 5.93. The van der Waals surface area contributed by atoms with Crippen molar-refractivity contribution in [3.63, 3.8) is 0 Å². The molecule has 0 aliphatic carbocycles. The van der Waals surface area contributed by atoms with Gasteiger partial charge >= 0.3 is 0 Å². The third kappa shape index (κ3) is 2.45. The number of aromatic nitrogens is 2. The van der Waals surface area contributed by atoms with Crippen LogP contribution in [0.25, 0.3) is 10.9 Å². The zero-order valence-corrected chi connectivity index (χ0v) is 10.0. The van der Waals surface area contributed by atoms with Gasteiger partial charge in [-0.3, -0.25) is 0 Å². The van der Waals surface area contributed by atoms with Crippen molar-refractivity contribution < 1.29 is 4.74 Å². The van der Waals surface area contributed by atoms with Gasteiger partial charge in [0.15, 0.2) is 0 Å². The van der Waals surface area contributed by atoms with E-state index in [1.54, 1.807) is 7.11 Å². The number of benzene rings is 1. The second-order valence-corrected chi connectivity index (χ2v) is 3.76. The van der Waals surface area contributed by atoms with Gasteiger partial charge in [0.05, 0.1) is 12.6 Å². The first-order valence-corrected chi connectivity index (χ1v) is 5.49. The van der Waals surface area contributed by atoms with Gasteiger partial charge in [-0.15, -0.1) is 0 Å². The molecule has 2 aromatic rings. The number of methoxy groups -OCH3 is 1. The van der Waals surface area contributed by atoms with Gasteiger partial charge in [-0.05, 0) is 25.2 Å². The van der Waals surface area contributed by atoms with Gasteiger partial charge in [0, 0.05) is 18.4 Å². The molecule has 1 aromatic carbocycles. The van der Waals surface area contributed by atoms with Gasteiger partial charge in [-0.25, -0.2) is 9.97 Å². The van der Waals surface area contributed by atoms with Crippen molar-refractivity contribution in [2.45, 2.75) is 6.42 Å². The maximum absolute atomic E-state index is 5.93. The third-order valence-electron chi connectivity index (χ3n) is 2.58. The third-order valence-corrected chi connectivity index (χ3v) is 2.58. The molecule has 0 atom stereocenters. The lowest BCUT2D eigenvalue weighted by Crippen LogP contribution is -2.13. The van der Waals surface area contributed by atoms with Crippen LogP contribution < -0.4 is 15.8 Å². The quantitative estimate of drug-likeness (QED) is 0.822. The molecule has 0 aliphatic rings. The summed E-state index contributed by atoms with van der Waals surface area (Å²) >= 11 is 0. The Hall–Kier alpha value is -1.88. The number of anilines is 1. The van der Waals surface area contributed by atoms with Crippen LogP contribution >= 0.6 is 0 Å². The molecular weight excluding hydrogens is 216 g/mol. The molecule has 0 radical (unpaired) electrons. The molecule has 0 bridgehead atoms. The first-order valence-electron chi connectivity index (χ1n) is 5.49. The van der Waals surface area contributed by atoms with Crippen molar-refractivity contribution in [1.82, 2.24) is 15.3 Å². The van der Waals surface area contributed by atoms with E-state index in [2.05, 4.69) is 15.3 Å². The molecular formula is C12H16N4O. The molecule has 0 unspecified atom stereocenters. The summed E-state index contributed by atoms with van der Waals surface area (Å²) in [7, 11) is 3.52. The fraction of sp³-hybridized carbons (Fsp3) is 0.333. The van der Waals surface area contributed by atoms with Gasteiger partial charge in [0.25, 0.3) is 0 Å². The highest BCUT2D eigenvalue weighted by Crippen LogP contribution is 2.23. The first kappa shape index (κ1) is 11.6. The Morgan fingerprint density at radius 2 is 2.18 bits per heavy atom. The fourth-order valence-electron chi connectivity index (χ4n) is 1.66. The maximum Gasteiger partial charge on any atom is 0.135 e. The van der Waals surface area contributed by atoms with Gasteiger partial charge in [-0.1, -0.05) is 0 Å². The van der Waals surface area contributed by atoms with Crippen LogP contribution in [0.2, 0.25) is 0 Å². The monoisotopic (exact) mass is 232 g/mol. The summed E-state index contributed by atoms with van der Waals surface area (Å²) in [5.74, 6) is 2.02. The van der Waals surface area contributed by atoms with E-state index in [9.17, 15) is 0 Å². The van der Waals surface area contributed by atoms with E-state index in [4.69, 9.17) is 10.5 Å². The van der Waals surface area contributed by atoms with Crippen molar-refractivity contribution in [3.05, 3.63) is 24.0 Å². The van der Waals surface area contributed by atoms with E-state index in [0.717, 1.165) is 35.4 Å². The van der Waals surface area contributed by atoms with E-state index in [1.807, 2.05) is 25.2 Å². The van der Waals surface area contributed by atoms with Crippen LogP contribution in [-0.4, -0.2) is 30.7 Å². The number of likely N-dealkylation sites (N-methyl/N-ethyl adjacent to an activating group) is 1. The van der Waals surface area contributed by atoms with E-state index < -0.39 is 0 Å². The summed E-state index contributed by atoms with van der Waals surface area (Å²) in [6, 6.07) is 5.62. The van der Waals surface area contributed by atoms with E-state index >= 15 is 0 Å². The molecule has 2 rings (SSSR count). The number of nitrogens with zero attached hydrogens (tertiary/aromatic N) is 2. The standard InChI is InChI=1S/C12H16N4O/c1-14-6-5-11-15-10-4-3-8(17-2)7-9(10)12(13)16-11/h3-4,7,14H,5-6H2,1-2H3,(H2,13,15,16). The minimum Gasteiger partial charge on any atom is -0.497 e. The largest absolute Gasteiger partial charge is 0.497 e. The molecule has 17 heavy (non-hydrogen) atoms. The molecule has 3 N–H and O–H groups in total. The van der Waals surface area contributed by atoms with Crippen LogP contribution in [0.3, 0.4) is 0 Å². The Morgan fingerprint density at radius 3 is 2.88 bits per heavy atom. The lowest BCUT2D eigenvalue weighted by atomic mass is 10.2. The molecule has 0 amide bonds. The number of fused-ring (bicyclic) bond motifs is 1. The zero-order chi connectivity index (χ0) is 12.3. The summed E-state index contributed by atoms with van der Waals surface area (Å²) in [6.45, 7) is 0.834. The molecule has 0 aliphatic heterocycles. The second kappa shape index (κ2) is 4.97. The smallest absolute Gasteiger partial charge is 0.135 e. The molecule has 90 valence electrons. The normalized spacial score (nSPS) is 10.7. The number of hydrogen-bond donors (Lipinski definition) is 2. The number of nitrogens with two attached hydrogens (primary N) is 1. The summed E-state index contributed by atoms with van der Waals surface area (Å²) in [5, 5.41) is 3.89. The van der Waals surface area contributed by atoms with Gasteiger partial charge in [0.1, 0.15) is 17.4 Å². The number of ether oxygens (including phenoxy) is 1. The van der Waals surface area contributed by atoms with Crippen LogP contribution in [0.4, 0.5) is 5.82 Å². The van der Waals surface area contributed by atoms with E-state index in [0.29, 0.717) is 5.82 Å².